The van der Waals surface area contributed by atoms with Crippen LogP contribution in [-0.4, -0.2) is 17.9 Å². The van der Waals surface area contributed by atoms with Crippen molar-refractivity contribution in [3.63, 3.8) is 0 Å². The van der Waals surface area contributed by atoms with Crippen molar-refractivity contribution in [1.29, 1.82) is 0 Å². The van der Waals surface area contributed by atoms with Gasteiger partial charge in [0.2, 0.25) is 0 Å². The lowest BCUT2D eigenvalue weighted by molar-refractivity contribution is 0.0751. The maximum absolute atomic E-state index is 12.2. The van der Waals surface area contributed by atoms with Crippen LogP contribution in [0, 0.1) is 0 Å². The van der Waals surface area contributed by atoms with E-state index in [0.717, 1.165) is 22.2 Å². The average molecular weight is 322 g/mol. The Bertz CT molecular complexity index is 577. The average Bonchev–Trinajstić information content (AvgIpc) is 2.89. The zero-order valence-corrected chi connectivity index (χ0v) is 12.6. The number of furan rings is 1. The number of amides is 1. The van der Waals surface area contributed by atoms with Crippen LogP contribution in [0.5, 0.6) is 0 Å². The minimum absolute atomic E-state index is 0.101. The Hall–Kier alpha value is -1.55. The van der Waals surface area contributed by atoms with Gasteiger partial charge in [-0.3, -0.25) is 4.79 Å². The summed E-state index contributed by atoms with van der Waals surface area (Å²) in [5, 5.41) is 0. The van der Waals surface area contributed by atoms with Gasteiger partial charge in [0.1, 0.15) is 5.76 Å². The van der Waals surface area contributed by atoms with E-state index >= 15 is 0 Å². The molecule has 2 aromatic rings. The van der Waals surface area contributed by atoms with Crippen LogP contribution in [0.4, 0.5) is 0 Å². The number of carbonyl (C=O) groups excluding carboxylic acids is 1. The van der Waals surface area contributed by atoms with Crippen LogP contribution in [0.1, 0.15) is 28.8 Å². The Labute approximate surface area is 121 Å². The lowest BCUT2D eigenvalue weighted by Gasteiger charge is -2.16. The number of halogens is 1. The molecule has 100 valence electrons. The highest BCUT2D eigenvalue weighted by Gasteiger charge is 2.16. The van der Waals surface area contributed by atoms with Gasteiger partial charge >= 0.3 is 0 Å². The van der Waals surface area contributed by atoms with Gasteiger partial charge in [-0.25, -0.2) is 0 Å². The van der Waals surface area contributed by atoms with Crippen molar-refractivity contribution in [3.05, 3.63) is 58.0 Å². The Morgan fingerprint density at radius 3 is 2.63 bits per heavy atom. The summed E-state index contributed by atoms with van der Waals surface area (Å²) >= 11 is 3.48. The fraction of sp³-hybridized carbons (Fsp3) is 0.267. The van der Waals surface area contributed by atoms with Crippen molar-refractivity contribution in [2.45, 2.75) is 19.9 Å². The van der Waals surface area contributed by atoms with E-state index in [0.29, 0.717) is 12.3 Å². The number of nitrogens with zero attached hydrogens (tertiary/aromatic N) is 1. The van der Waals surface area contributed by atoms with Crippen LogP contribution in [-0.2, 0) is 13.0 Å². The molecule has 0 bridgehead atoms. The van der Waals surface area contributed by atoms with Gasteiger partial charge in [0.05, 0.1) is 0 Å². The molecule has 0 unspecified atom stereocenters. The lowest BCUT2D eigenvalue weighted by Crippen LogP contribution is -2.25. The first-order valence-corrected chi connectivity index (χ1v) is 6.98. The summed E-state index contributed by atoms with van der Waals surface area (Å²) in [4.78, 5) is 13.9. The van der Waals surface area contributed by atoms with E-state index in [1.165, 1.54) is 0 Å². The fourth-order valence-corrected chi connectivity index (χ4v) is 2.24. The summed E-state index contributed by atoms with van der Waals surface area (Å²) in [6, 6.07) is 11.5. The van der Waals surface area contributed by atoms with Crippen LogP contribution in [0.2, 0.25) is 0 Å². The molecule has 0 aliphatic carbocycles. The van der Waals surface area contributed by atoms with Gasteiger partial charge in [-0.05, 0) is 23.8 Å². The molecule has 0 fully saturated rings. The normalized spacial score (nSPS) is 10.5. The van der Waals surface area contributed by atoms with Gasteiger partial charge in [0.15, 0.2) is 5.76 Å². The summed E-state index contributed by atoms with van der Waals surface area (Å²) in [5.41, 5.74) is 1.07. The third-order valence-electron chi connectivity index (χ3n) is 2.93. The highest BCUT2D eigenvalue weighted by molar-refractivity contribution is 9.10. The molecular weight excluding hydrogens is 306 g/mol. The molecule has 1 amide bonds. The van der Waals surface area contributed by atoms with Crippen LogP contribution >= 0.6 is 15.9 Å². The smallest absolute Gasteiger partial charge is 0.289 e. The minimum Gasteiger partial charge on any atom is -0.456 e. The van der Waals surface area contributed by atoms with Gasteiger partial charge in [-0.1, -0.05) is 41.1 Å². The van der Waals surface area contributed by atoms with E-state index in [1.54, 1.807) is 18.0 Å². The molecule has 0 saturated carbocycles. The van der Waals surface area contributed by atoms with E-state index < -0.39 is 0 Å². The Balaban J connectivity index is 2.09. The molecule has 0 aliphatic heterocycles. The van der Waals surface area contributed by atoms with Crippen LogP contribution in [0.25, 0.3) is 0 Å². The maximum atomic E-state index is 12.2. The lowest BCUT2D eigenvalue weighted by atomic mass is 10.2. The molecule has 3 nitrogen and oxygen atoms in total. The Morgan fingerprint density at radius 1 is 1.26 bits per heavy atom. The predicted molar refractivity (Wildman–Crippen MR) is 78.0 cm³/mol. The zero-order valence-electron chi connectivity index (χ0n) is 11.0. The third kappa shape index (κ3) is 3.26. The van der Waals surface area contributed by atoms with E-state index in [2.05, 4.69) is 15.9 Å². The van der Waals surface area contributed by atoms with E-state index in [4.69, 9.17) is 4.42 Å². The molecule has 0 radical (unpaired) electrons. The molecule has 4 heteroatoms. The molecule has 0 spiro atoms. The first kappa shape index (κ1) is 13.9. The number of carbonyl (C=O) groups is 1. The molecular formula is C15H16BrNO2. The van der Waals surface area contributed by atoms with Gasteiger partial charge in [0.25, 0.3) is 5.91 Å². The van der Waals surface area contributed by atoms with Crippen LogP contribution in [0.3, 0.4) is 0 Å². The van der Waals surface area contributed by atoms with E-state index in [1.807, 2.05) is 37.3 Å². The standard InChI is InChI=1S/C15H16BrNO2/c1-3-12-8-9-14(19-12)15(18)17(2)10-11-6-4-5-7-13(11)16/h4-9H,3,10H2,1-2H3. The first-order chi connectivity index (χ1) is 9.11. The second kappa shape index (κ2) is 6.06. The molecule has 0 atom stereocenters. The summed E-state index contributed by atoms with van der Waals surface area (Å²) in [6.07, 6.45) is 0.793. The first-order valence-electron chi connectivity index (χ1n) is 6.19. The van der Waals surface area contributed by atoms with Crippen molar-refractivity contribution in [2.75, 3.05) is 7.05 Å². The third-order valence-corrected chi connectivity index (χ3v) is 3.71. The van der Waals surface area contributed by atoms with Crippen molar-refractivity contribution >= 4 is 21.8 Å². The van der Waals surface area contributed by atoms with E-state index in [9.17, 15) is 4.79 Å². The number of benzene rings is 1. The molecule has 0 saturated heterocycles. The summed E-state index contributed by atoms with van der Waals surface area (Å²) in [7, 11) is 1.77. The number of rotatable bonds is 4. The highest BCUT2D eigenvalue weighted by Crippen LogP contribution is 2.18. The molecule has 0 aliphatic rings. The molecule has 2 rings (SSSR count). The summed E-state index contributed by atoms with van der Waals surface area (Å²) in [5.74, 6) is 1.12. The fourth-order valence-electron chi connectivity index (χ4n) is 1.82. The SMILES string of the molecule is CCc1ccc(C(=O)N(C)Cc2ccccc2Br)o1. The molecule has 19 heavy (non-hydrogen) atoms. The minimum atomic E-state index is -0.101. The number of hydrogen-bond acceptors (Lipinski definition) is 2. The van der Waals surface area contributed by atoms with Gasteiger partial charge in [-0.2, -0.15) is 0 Å². The van der Waals surface area contributed by atoms with Crippen molar-refractivity contribution in [3.8, 4) is 0 Å². The highest BCUT2D eigenvalue weighted by atomic mass is 79.9. The van der Waals surface area contributed by atoms with Crippen LogP contribution < -0.4 is 0 Å². The Kier molecular flexibility index (Phi) is 4.43. The maximum Gasteiger partial charge on any atom is 0.289 e. The molecule has 1 aromatic heterocycles. The molecule has 1 aromatic carbocycles. The largest absolute Gasteiger partial charge is 0.456 e. The second-order valence-electron chi connectivity index (χ2n) is 4.37. The quantitative estimate of drug-likeness (QED) is 0.856. The van der Waals surface area contributed by atoms with Crippen molar-refractivity contribution in [1.82, 2.24) is 4.90 Å². The number of aryl methyl sites for hydroxylation is 1. The summed E-state index contributed by atoms with van der Waals surface area (Å²) < 4.78 is 6.48. The second-order valence-corrected chi connectivity index (χ2v) is 5.23. The summed E-state index contributed by atoms with van der Waals surface area (Å²) in [6.45, 7) is 2.54. The van der Waals surface area contributed by atoms with Crippen molar-refractivity contribution in [2.24, 2.45) is 0 Å². The van der Waals surface area contributed by atoms with Gasteiger partial charge < -0.3 is 9.32 Å². The monoisotopic (exact) mass is 321 g/mol. The van der Waals surface area contributed by atoms with Gasteiger partial charge in [0, 0.05) is 24.5 Å². The molecule has 1 heterocycles. The van der Waals surface area contributed by atoms with Gasteiger partial charge in [-0.15, -0.1) is 0 Å². The van der Waals surface area contributed by atoms with Crippen LogP contribution in [0.15, 0.2) is 45.3 Å². The van der Waals surface area contributed by atoms with Crippen molar-refractivity contribution < 1.29 is 9.21 Å². The molecule has 0 N–H and O–H groups in total. The number of hydrogen-bond donors (Lipinski definition) is 0. The zero-order chi connectivity index (χ0) is 13.8. The topological polar surface area (TPSA) is 33.5 Å². The van der Waals surface area contributed by atoms with E-state index in [-0.39, 0.29) is 5.91 Å². The predicted octanol–water partition coefficient (Wildman–Crippen LogP) is 3.88. The Morgan fingerprint density at radius 2 is 2.00 bits per heavy atom.